The van der Waals surface area contributed by atoms with Crippen LogP contribution in [0.2, 0.25) is 0 Å². The highest BCUT2D eigenvalue weighted by Gasteiger charge is 2.39. The minimum absolute atomic E-state index is 0.00298. The van der Waals surface area contributed by atoms with E-state index in [1.54, 1.807) is 30.3 Å². The number of hydrogen-bond acceptors (Lipinski definition) is 5. The highest BCUT2D eigenvalue weighted by molar-refractivity contribution is 7.79. The molecule has 3 aromatic carbocycles. The molecule has 0 unspecified atom stereocenters. The van der Waals surface area contributed by atoms with Gasteiger partial charge in [0.05, 0.1) is 28.4 Å². The molecule has 2 N–H and O–H groups in total. The molecule has 0 fully saturated rings. The van der Waals surface area contributed by atoms with Crippen LogP contribution < -0.4 is 20.5 Å². The van der Waals surface area contributed by atoms with Gasteiger partial charge < -0.3 is 14.6 Å². The number of nitrogens with zero attached hydrogens (tertiary/aromatic N) is 3. The number of thiocarbonyl (C=S) groups is 1. The van der Waals surface area contributed by atoms with Crippen molar-refractivity contribution >= 4 is 35.0 Å². The summed E-state index contributed by atoms with van der Waals surface area (Å²) in [6.07, 6.45) is -4.79. The first-order valence-electron chi connectivity index (χ1n) is 11.8. The maximum Gasteiger partial charge on any atom is 0.417 e. The molecular formula is C28H28F4N4O2S. The summed E-state index contributed by atoms with van der Waals surface area (Å²) in [6.45, 7) is 6.95. The van der Waals surface area contributed by atoms with Crippen LogP contribution in [0.1, 0.15) is 38.8 Å². The first-order valence-corrected chi connectivity index (χ1v) is 12.2. The standard InChI is InChI=1S/C26H22F4N4O2S.C2H6/c1-25(2,24(35)33(3)19-8-4-18(14-31)21(13-19)26(28,29)30)34(15-37)23-11-7-17(12-22(23)27)16-5-9-20(36-32)10-6-16;1-2/h4-13,15H,32H2,1-3H3;1-2H3. The number of hydrogen-bond donors (Lipinski definition) is 1. The summed E-state index contributed by atoms with van der Waals surface area (Å²) in [5, 5.41) is 9.02. The van der Waals surface area contributed by atoms with Crippen molar-refractivity contribution in [2.75, 3.05) is 16.8 Å². The first-order chi connectivity index (χ1) is 18.3. The molecule has 0 aliphatic heterocycles. The minimum atomic E-state index is -4.79. The summed E-state index contributed by atoms with van der Waals surface area (Å²) >= 11 is 5.10. The maximum atomic E-state index is 15.3. The number of benzene rings is 3. The zero-order valence-corrected chi connectivity index (χ0v) is 22.8. The fourth-order valence-electron chi connectivity index (χ4n) is 3.80. The minimum Gasteiger partial charge on any atom is -0.412 e. The van der Waals surface area contributed by atoms with E-state index in [9.17, 15) is 18.0 Å². The van der Waals surface area contributed by atoms with E-state index in [4.69, 9.17) is 23.4 Å². The molecule has 0 radical (unpaired) electrons. The largest absolute Gasteiger partial charge is 0.417 e. The molecule has 0 aliphatic carbocycles. The molecule has 6 nitrogen and oxygen atoms in total. The van der Waals surface area contributed by atoms with Gasteiger partial charge in [0.2, 0.25) is 0 Å². The van der Waals surface area contributed by atoms with E-state index in [1.165, 1.54) is 50.1 Å². The normalized spacial score (nSPS) is 11.0. The molecule has 0 heterocycles. The number of carbonyl (C=O) groups is 1. The third-order valence-electron chi connectivity index (χ3n) is 5.88. The van der Waals surface area contributed by atoms with Gasteiger partial charge in [0.1, 0.15) is 17.1 Å². The summed E-state index contributed by atoms with van der Waals surface area (Å²) in [4.78, 5) is 20.3. The van der Waals surface area contributed by atoms with Gasteiger partial charge in [-0.3, -0.25) is 4.79 Å². The van der Waals surface area contributed by atoms with Crippen LogP contribution in [0.25, 0.3) is 11.1 Å². The van der Waals surface area contributed by atoms with E-state index in [0.717, 1.165) is 22.5 Å². The number of anilines is 2. The predicted octanol–water partition coefficient (Wildman–Crippen LogP) is 6.87. The van der Waals surface area contributed by atoms with Crippen molar-refractivity contribution in [2.24, 2.45) is 5.90 Å². The number of halogens is 4. The van der Waals surface area contributed by atoms with Gasteiger partial charge >= 0.3 is 6.18 Å². The van der Waals surface area contributed by atoms with Crippen LogP contribution >= 0.6 is 12.2 Å². The Bertz CT molecular complexity index is 1370. The van der Waals surface area contributed by atoms with Gasteiger partial charge in [0, 0.05) is 12.7 Å². The average molecular weight is 561 g/mol. The predicted molar refractivity (Wildman–Crippen MR) is 148 cm³/mol. The van der Waals surface area contributed by atoms with E-state index >= 15 is 4.39 Å². The lowest BCUT2D eigenvalue weighted by molar-refractivity contribution is -0.137. The molecule has 0 atom stereocenters. The lowest BCUT2D eigenvalue weighted by atomic mass is 9.98. The zero-order valence-electron chi connectivity index (χ0n) is 22.0. The Balaban J connectivity index is 0.00000260. The quantitative estimate of drug-likeness (QED) is 0.193. The molecular weight excluding hydrogens is 532 g/mol. The number of nitriles is 1. The lowest BCUT2D eigenvalue weighted by Gasteiger charge is -2.38. The van der Waals surface area contributed by atoms with Crippen LogP contribution in [0.3, 0.4) is 0 Å². The van der Waals surface area contributed by atoms with Gasteiger partial charge in [0.25, 0.3) is 5.91 Å². The smallest absolute Gasteiger partial charge is 0.412 e. The van der Waals surface area contributed by atoms with E-state index in [2.05, 4.69) is 4.84 Å². The van der Waals surface area contributed by atoms with Crippen LogP contribution in [-0.4, -0.2) is 24.0 Å². The van der Waals surface area contributed by atoms with Gasteiger partial charge in [-0.2, -0.15) is 24.3 Å². The second kappa shape index (κ2) is 12.7. The summed E-state index contributed by atoms with van der Waals surface area (Å²) in [5.74, 6) is 4.23. The van der Waals surface area contributed by atoms with Crippen LogP contribution in [-0.2, 0) is 11.0 Å². The maximum absolute atomic E-state index is 15.3. The number of amides is 1. The molecule has 0 bridgehead atoms. The highest BCUT2D eigenvalue weighted by atomic mass is 32.1. The van der Waals surface area contributed by atoms with Crippen LogP contribution in [0.4, 0.5) is 28.9 Å². The third kappa shape index (κ3) is 6.71. The molecule has 0 spiro atoms. The second-order valence-electron chi connectivity index (χ2n) is 8.55. The van der Waals surface area contributed by atoms with E-state index < -0.39 is 34.6 Å². The van der Waals surface area contributed by atoms with E-state index in [-0.39, 0.29) is 11.4 Å². The van der Waals surface area contributed by atoms with Gasteiger partial charge in [-0.25, -0.2) is 4.39 Å². The fraction of sp³-hybridized carbons (Fsp3) is 0.250. The first kappa shape index (κ1) is 31.2. The van der Waals surface area contributed by atoms with Crippen molar-refractivity contribution in [3.63, 3.8) is 0 Å². The Morgan fingerprint density at radius 3 is 2.10 bits per heavy atom. The summed E-state index contributed by atoms with van der Waals surface area (Å²) in [7, 11) is 1.29. The molecule has 11 heteroatoms. The molecule has 0 saturated heterocycles. The Morgan fingerprint density at radius 1 is 1.03 bits per heavy atom. The number of alkyl halides is 3. The lowest BCUT2D eigenvalue weighted by Crippen LogP contribution is -2.55. The molecule has 0 aromatic heterocycles. The van der Waals surface area contributed by atoms with Crippen molar-refractivity contribution in [1.29, 1.82) is 5.26 Å². The van der Waals surface area contributed by atoms with Gasteiger partial charge in [-0.05, 0) is 67.4 Å². The SMILES string of the molecule is CC.CN(C(=O)C(C)(C)N(C=S)c1ccc(-c2ccc(ON)cc2)cc1F)c1ccc(C#N)c(C(F)(F)F)c1. The third-order valence-corrected chi connectivity index (χ3v) is 6.09. The number of nitrogens with two attached hydrogens (primary N) is 1. The summed E-state index contributed by atoms with van der Waals surface area (Å²) in [5.41, 5.74) is -0.960. The number of carbonyl (C=O) groups excluding carboxylic acids is 1. The van der Waals surface area contributed by atoms with E-state index in [1.807, 2.05) is 13.8 Å². The fourth-order valence-corrected chi connectivity index (χ4v) is 4.18. The van der Waals surface area contributed by atoms with Crippen molar-refractivity contribution in [3.8, 4) is 22.9 Å². The Hall–Kier alpha value is -4.01. The van der Waals surface area contributed by atoms with Crippen LogP contribution in [0.5, 0.6) is 5.75 Å². The van der Waals surface area contributed by atoms with Gasteiger partial charge in [0.15, 0.2) is 0 Å². The topological polar surface area (TPSA) is 82.6 Å². The van der Waals surface area contributed by atoms with Crippen molar-refractivity contribution in [2.45, 2.75) is 39.4 Å². The second-order valence-corrected chi connectivity index (χ2v) is 8.76. The van der Waals surface area contributed by atoms with E-state index in [0.29, 0.717) is 16.9 Å². The molecule has 0 saturated carbocycles. The average Bonchev–Trinajstić information content (AvgIpc) is 2.93. The van der Waals surface area contributed by atoms with Crippen LogP contribution in [0, 0.1) is 17.1 Å². The Kier molecular flexibility index (Phi) is 10.2. The van der Waals surface area contributed by atoms with Crippen LogP contribution in [0.15, 0.2) is 60.7 Å². The monoisotopic (exact) mass is 560 g/mol. The van der Waals surface area contributed by atoms with Crippen molar-refractivity contribution in [1.82, 2.24) is 0 Å². The molecule has 0 aliphatic rings. The van der Waals surface area contributed by atoms with Gasteiger partial charge in [-0.1, -0.05) is 44.3 Å². The van der Waals surface area contributed by atoms with Crippen molar-refractivity contribution in [3.05, 3.63) is 77.6 Å². The summed E-state index contributed by atoms with van der Waals surface area (Å²) < 4.78 is 55.5. The van der Waals surface area contributed by atoms with Gasteiger partial charge in [-0.15, -0.1) is 0 Å². The molecule has 39 heavy (non-hydrogen) atoms. The molecule has 3 aromatic rings. The molecule has 1 amide bonds. The van der Waals surface area contributed by atoms with Crippen molar-refractivity contribution < 1.29 is 27.2 Å². The number of likely N-dealkylation sites (N-methyl/N-ethyl adjacent to an activating group) is 1. The summed E-state index contributed by atoms with van der Waals surface area (Å²) in [6, 6.07) is 15.5. The molecule has 3 rings (SSSR count). The Labute approximate surface area is 230 Å². The number of rotatable bonds is 7. The zero-order chi connectivity index (χ0) is 29.5. The molecule has 206 valence electrons. The highest BCUT2D eigenvalue weighted by Crippen LogP contribution is 2.36. The Morgan fingerprint density at radius 2 is 1.62 bits per heavy atom.